The van der Waals surface area contributed by atoms with Crippen LogP contribution in [0.15, 0.2) is 103 Å². The molecule has 4 aromatic rings. The number of ether oxygens (including phenoxy) is 1. The van der Waals surface area contributed by atoms with Gasteiger partial charge in [0.25, 0.3) is 5.91 Å². The van der Waals surface area contributed by atoms with Crippen molar-refractivity contribution in [2.24, 2.45) is 0 Å². The summed E-state index contributed by atoms with van der Waals surface area (Å²) in [6.07, 6.45) is 0.349. The molecular weight excluding hydrogens is 448 g/mol. The lowest BCUT2D eigenvalue weighted by Gasteiger charge is -2.30. The highest BCUT2D eigenvalue weighted by atomic mass is 35.5. The number of halogens is 1. The topological polar surface area (TPSA) is 58.6 Å². The number of amides is 2. The number of para-hydroxylation sites is 3. The Labute approximate surface area is 202 Å². The quantitative estimate of drug-likeness (QED) is 0.371. The second-order valence-electron chi connectivity index (χ2n) is 7.94. The van der Waals surface area contributed by atoms with E-state index in [1.807, 2.05) is 42.5 Å². The number of rotatable bonds is 5. The average molecular weight is 469 g/mol. The maximum atomic E-state index is 13.9. The first kappa shape index (κ1) is 21.7. The molecule has 1 unspecified atom stereocenters. The lowest BCUT2D eigenvalue weighted by molar-refractivity contribution is -0.117. The van der Waals surface area contributed by atoms with Crippen molar-refractivity contribution in [2.45, 2.75) is 12.5 Å². The third-order valence-corrected chi connectivity index (χ3v) is 5.94. The van der Waals surface area contributed by atoms with Crippen LogP contribution in [0.25, 0.3) is 0 Å². The Morgan fingerprint density at radius 1 is 0.794 bits per heavy atom. The molecule has 1 heterocycles. The summed E-state index contributed by atoms with van der Waals surface area (Å²) < 4.78 is 6.14. The molecular formula is C28H21ClN2O3. The lowest BCUT2D eigenvalue weighted by Crippen LogP contribution is -2.47. The van der Waals surface area contributed by atoms with Crippen molar-refractivity contribution >= 4 is 34.8 Å². The molecule has 0 radical (unpaired) electrons. The molecule has 0 spiro atoms. The Morgan fingerprint density at radius 2 is 1.47 bits per heavy atom. The zero-order chi connectivity index (χ0) is 23.5. The van der Waals surface area contributed by atoms with Crippen LogP contribution in [0.5, 0.6) is 11.5 Å². The van der Waals surface area contributed by atoms with E-state index in [0.29, 0.717) is 39.9 Å². The molecule has 1 aliphatic heterocycles. The second kappa shape index (κ2) is 9.41. The number of carbonyl (C=O) groups is 2. The van der Waals surface area contributed by atoms with Crippen LogP contribution in [0.2, 0.25) is 5.02 Å². The zero-order valence-electron chi connectivity index (χ0n) is 18.1. The summed E-state index contributed by atoms with van der Waals surface area (Å²) in [6.45, 7) is 0. The van der Waals surface area contributed by atoms with Gasteiger partial charge in [0.2, 0.25) is 5.91 Å². The Bertz CT molecular complexity index is 1340. The molecule has 2 amide bonds. The number of nitrogens with zero attached hydrogens (tertiary/aromatic N) is 1. The Morgan fingerprint density at radius 3 is 2.26 bits per heavy atom. The molecule has 5 nitrogen and oxygen atoms in total. The number of nitrogens with one attached hydrogen (secondary N) is 1. The summed E-state index contributed by atoms with van der Waals surface area (Å²) in [4.78, 5) is 28.9. The molecule has 1 atom stereocenters. The van der Waals surface area contributed by atoms with Crippen LogP contribution in [0.4, 0.5) is 11.4 Å². The van der Waals surface area contributed by atoms with Crippen LogP contribution < -0.4 is 15.0 Å². The molecule has 0 saturated heterocycles. The molecule has 6 heteroatoms. The van der Waals surface area contributed by atoms with E-state index in [-0.39, 0.29) is 11.8 Å². The molecule has 4 aromatic carbocycles. The highest BCUT2D eigenvalue weighted by Gasteiger charge is 2.37. The van der Waals surface area contributed by atoms with Gasteiger partial charge in [-0.15, -0.1) is 0 Å². The molecule has 5 rings (SSSR count). The fourth-order valence-electron chi connectivity index (χ4n) is 4.05. The Kier molecular flexibility index (Phi) is 6.02. The van der Waals surface area contributed by atoms with E-state index in [1.54, 1.807) is 65.6 Å². The van der Waals surface area contributed by atoms with Crippen molar-refractivity contribution in [1.29, 1.82) is 0 Å². The number of benzene rings is 4. The molecule has 34 heavy (non-hydrogen) atoms. The largest absolute Gasteiger partial charge is 0.455 e. The average Bonchev–Trinajstić information content (AvgIpc) is 2.96. The monoisotopic (exact) mass is 468 g/mol. The van der Waals surface area contributed by atoms with Gasteiger partial charge in [0.15, 0.2) is 5.75 Å². The predicted octanol–water partition coefficient (Wildman–Crippen LogP) is 6.34. The molecule has 0 saturated carbocycles. The third-order valence-electron chi connectivity index (χ3n) is 5.69. The van der Waals surface area contributed by atoms with Crippen molar-refractivity contribution in [3.05, 3.63) is 119 Å². The van der Waals surface area contributed by atoms with Crippen LogP contribution in [-0.2, 0) is 11.2 Å². The molecule has 0 bridgehead atoms. The van der Waals surface area contributed by atoms with Gasteiger partial charge in [-0.2, -0.15) is 0 Å². The zero-order valence-corrected chi connectivity index (χ0v) is 18.9. The number of hydrogen-bond acceptors (Lipinski definition) is 3. The highest BCUT2D eigenvalue weighted by Crippen LogP contribution is 2.37. The van der Waals surface area contributed by atoms with Gasteiger partial charge in [0, 0.05) is 11.4 Å². The first-order valence-electron chi connectivity index (χ1n) is 10.9. The Balaban J connectivity index is 1.62. The standard InChI is InChI=1S/C28H21ClN2O3/c29-20-14-16-21(17-15-20)34-26-13-7-6-12-24(26)31-25(18-19-8-2-1-3-9-19)27(32)30-23-11-5-4-10-22(23)28(31)33/h1-17,25H,18H2,(H,30,32). The van der Waals surface area contributed by atoms with Crippen LogP contribution in [-0.4, -0.2) is 17.9 Å². The minimum absolute atomic E-state index is 0.261. The summed E-state index contributed by atoms with van der Waals surface area (Å²) in [5.41, 5.74) is 2.37. The molecule has 168 valence electrons. The van der Waals surface area contributed by atoms with Crippen LogP contribution in [0.1, 0.15) is 15.9 Å². The Hall–Kier alpha value is -4.09. The molecule has 1 N–H and O–H groups in total. The first-order valence-corrected chi connectivity index (χ1v) is 11.3. The van der Waals surface area contributed by atoms with E-state index in [1.165, 1.54) is 0 Å². The third kappa shape index (κ3) is 4.38. The van der Waals surface area contributed by atoms with Crippen LogP contribution in [0, 0.1) is 0 Å². The summed E-state index contributed by atoms with van der Waals surface area (Å²) in [5, 5.41) is 3.54. The van der Waals surface area contributed by atoms with E-state index in [4.69, 9.17) is 16.3 Å². The maximum absolute atomic E-state index is 13.9. The maximum Gasteiger partial charge on any atom is 0.261 e. The fourth-order valence-corrected chi connectivity index (χ4v) is 4.18. The number of fused-ring (bicyclic) bond motifs is 1. The van der Waals surface area contributed by atoms with E-state index < -0.39 is 6.04 Å². The predicted molar refractivity (Wildman–Crippen MR) is 134 cm³/mol. The first-order chi connectivity index (χ1) is 16.6. The molecule has 0 aromatic heterocycles. The van der Waals surface area contributed by atoms with Gasteiger partial charge >= 0.3 is 0 Å². The van der Waals surface area contributed by atoms with Crippen molar-refractivity contribution in [1.82, 2.24) is 0 Å². The van der Waals surface area contributed by atoms with Crippen molar-refractivity contribution in [3.8, 4) is 11.5 Å². The summed E-state index contributed by atoms with van der Waals surface area (Å²) in [5.74, 6) is 0.498. The number of carbonyl (C=O) groups excluding carboxylic acids is 2. The van der Waals surface area contributed by atoms with Gasteiger partial charge in [0.05, 0.1) is 16.9 Å². The van der Waals surface area contributed by atoms with Crippen LogP contribution in [0.3, 0.4) is 0 Å². The molecule has 0 aliphatic carbocycles. The summed E-state index contributed by atoms with van der Waals surface area (Å²) >= 11 is 6.01. The minimum atomic E-state index is -0.780. The smallest absolute Gasteiger partial charge is 0.261 e. The van der Waals surface area contributed by atoms with E-state index in [0.717, 1.165) is 5.56 Å². The van der Waals surface area contributed by atoms with Gasteiger partial charge < -0.3 is 10.1 Å². The van der Waals surface area contributed by atoms with E-state index >= 15 is 0 Å². The van der Waals surface area contributed by atoms with Gasteiger partial charge in [-0.05, 0) is 54.1 Å². The summed E-state index contributed by atoms with van der Waals surface area (Å²) in [7, 11) is 0. The van der Waals surface area contributed by atoms with Gasteiger partial charge in [-0.1, -0.05) is 66.2 Å². The number of anilines is 2. The van der Waals surface area contributed by atoms with Gasteiger partial charge in [-0.25, -0.2) is 0 Å². The second-order valence-corrected chi connectivity index (χ2v) is 8.38. The lowest BCUT2D eigenvalue weighted by atomic mass is 10.0. The molecule has 1 aliphatic rings. The van der Waals surface area contributed by atoms with Crippen molar-refractivity contribution < 1.29 is 14.3 Å². The van der Waals surface area contributed by atoms with Crippen molar-refractivity contribution in [3.63, 3.8) is 0 Å². The minimum Gasteiger partial charge on any atom is -0.455 e. The van der Waals surface area contributed by atoms with Crippen LogP contribution >= 0.6 is 11.6 Å². The van der Waals surface area contributed by atoms with E-state index in [9.17, 15) is 9.59 Å². The number of hydrogen-bond donors (Lipinski definition) is 1. The normalized spacial score (nSPS) is 15.3. The highest BCUT2D eigenvalue weighted by molar-refractivity contribution is 6.30. The van der Waals surface area contributed by atoms with E-state index in [2.05, 4.69) is 5.32 Å². The molecule has 0 fully saturated rings. The van der Waals surface area contributed by atoms with Gasteiger partial charge in [0.1, 0.15) is 11.8 Å². The van der Waals surface area contributed by atoms with Gasteiger partial charge in [-0.3, -0.25) is 14.5 Å². The SMILES string of the molecule is O=C1Nc2ccccc2C(=O)N(c2ccccc2Oc2ccc(Cl)cc2)C1Cc1ccccc1. The fraction of sp³-hybridized carbons (Fsp3) is 0.0714. The summed E-state index contributed by atoms with van der Waals surface area (Å²) in [6, 6.07) is 30.1. The van der Waals surface area contributed by atoms with Crippen molar-refractivity contribution in [2.75, 3.05) is 10.2 Å².